The maximum atomic E-state index is 5.02. The van der Waals surface area contributed by atoms with E-state index in [0.717, 1.165) is 55.6 Å². The van der Waals surface area contributed by atoms with Crippen LogP contribution in [-0.4, -0.2) is 19.1 Å². The zero-order valence-corrected chi connectivity index (χ0v) is 24.8. The second-order valence-electron chi connectivity index (χ2n) is 11.9. The van der Waals surface area contributed by atoms with Crippen molar-refractivity contribution in [1.82, 2.24) is 19.1 Å². The molecule has 0 saturated heterocycles. The molecule has 0 radical (unpaired) electrons. The van der Waals surface area contributed by atoms with Crippen LogP contribution >= 0.6 is 0 Å². The van der Waals surface area contributed by atoms with Gasteiger partial charge in [0.1, 0.15) is 5.82 Å². The first-order chi connectivity index (χ1) is 22.8. The van der Waals surface area contributed by atoms with E-state index in [2.05, 4.69) is 155 Å². The van der Waals surface area contributed by atoms with E-state index >= 15 is 0 Å². The topological polar surface area (TPSA) is 35.6 Å². The molecular formula is C42H26N4. The predicted molar refractivity (Wildman–Crippen MR) is 191 cm³/mol. The van der Waals surface area contributed by atoms with Crippen molar-refractivity contribution in [2.75, 3.05) is 0 Å². The van der Waals surface area contributed by atoms with Crippen molar-refractivity contribution in [3.8, 4) is 22.8 Å². The van der Waals surface area contributed by atoms with Gasteiger partial charge in [-0.3, -0.25) is 4.57 Å². The molecule has 0 fully saturated rings. The Balaban J connectivity index is 1.24. The fourth-order valence-corrected chi connectivity index (χ4v) is 7.17. The van der Waals surface area contributed by atoms with Gasteiger partial charge in [-0.25, -0.2) is 9.97 Å². The minimum atomic E-state index is 0.911. The van der Waals surface area contributed by atoms with Gasteiger partial charge in [0.15, 0.2) is 0 Å². The fraction of sp³-hybridized carbons (Fsp3) is 0. The quantitative estimate of drug-likeness (QED) is 0.206. The summed E-state index contributed by atoms with van der Waals surface area (Å²) in [5.41, 5.74) is 8.76. The predicted octanol–water partition coefficient (Wildman–Crippen LogP) is 10.6. The summed E-state index contributed by atoms with van der Waals surface area (Å²) < 4.78 is 4.70. The van der Waals surface area contributed by atoms with Gasteiger partial charge in [-0.05, 0) is 53.9 Å². The second kappa shape index (κ2) is 9.62. The molecule has 4 nitrogen and oxygen atoms in total. The Bertz CT molecular complexity index is 2820. The largest absolute Gasteiger partial charge is 0.309 e. The molecule has 10 rings (SSSR count). The molecule has 214 valence electrons. The Morgan fingerprint density at radius 2 is 1.04 bits per heavy atom. The van der Waals surface area contributed by atoms with Gasteiger partial charge in [0.05, 0.1) is 33.3 Å². The number of benzene rings is 6. The number of fused-ring (bicyclic) bond motifs is 8. The van der Waals surface area contributed by atoms with Gasteiger partial charge < -0.3 is 4.57 Å². The van der Waals surface area contributed by atoms with Crippen LogP contribution in [0, 0.1) is 0 Å². The lowest BCUT2D eigenvalue weighted by Gasteiger charge is -2.12. The molecule has 6 aromatic carbocycles. The molecule has 0 spiro atoms. The molecule has 0 saturated carbocycles. The summed E-state index contributed by atoms with van der Waals surface area (Å²) in [6.07, 6.45) is 1.98. The summed E-state index contributed by atoms with van der Waals surface area (Å²) in [4.78, 5) is 9.98. The smallest absolute Gasteiger partial charge is 0.138 e. The summed E-state index contributed by atoms with van der Waals surface area (Å²) in [5, 5.41) is 8.32. The van der Waals surface area contributed by atoms with Crippen molar-refractivity contribution in [2.24, 2.45) is 0 Å². The van der Waals surface area contributed by atoms with Crippen LogP contribution in [0.3, 0.4) is 0 Å². The molecule has 10 aromatic rings. The number of nitrogens with zero attached hydrogens (tertiary/aromatic N) is 4. The Morgan fingerprint density at radius 3 is 1.87 bits per heavy atom. The summed E-state index contributed by atoms with van der Waals surface area (Å²) in [5.74, 6) is 0.911. The third-order valence-electron chi connectivity index (χ3n) is 9.33. The third-order valence-corrected chi connectivity index (χ3v) is 9.33. The number of aromatic nitrogens is 4. The van der Waals surface area contributed by atoms with E-state index in [1.807, 2.05) is 12.3 Å². The molecule has 4 aromatic heterocycles. The van der Waals surface area contributed by atoms with Gasteiger partial charge in [-0.2, -0.15) is 0 Å². The Labute approximate surface area is 264 Å². The third kappa shape index (κ3) is 3.67. The van der Waals surface area contributed by atoms with Gasteiger partial charge in [-0.1, -0.05) is 103 Å². The molecule has 0 aliphatic carbocycles. The highest BCUT2D eigenvalue weighted by atomic mass is 15.1. The van der Waals surface area contributed by atoms with Crippen molar-refractivity contribution in [3.05, 3.63) is 158 Å². The van der Waals surface area contributed by atoms with Crippen molar-refractivity contribution < 1.29 is 0 Å². The van der Waals surface area contributed by atoms with Crippen LogP contribution in [0.15, 0.2) is 158 Å². The monoisotopic (exact) mass is 586 g/mol. The van der Waals surface area contributed by atoms with Gasteiger partial charge in [0.2, 0.25) is 0 Å². The van der Waals surface area contributed by atoms with E-state index in [9.17, 15) is 0 Å². The molecule has 0 atom stereocenters. The van der Waals surface area contributed by atoms with Crippen molar-refractivity contribution in [3.63, 3.8) is 0 Å². The van der Waals surface area contributed by atoms with E-state index in [-0.39, 0.29) is 0 Å². The van der Waals surface area contributed by atoms with Crippen LogP contribution in [0.25, 0.3) is 88.0 Å². The van der Waals surface area contributed by atoms with Crippen LogP contribution in [0.4, 0.5) is 0 Å². The fourth-order valence-electron chi connectivity index (χ4n) is 7.17. The average Bonchev–Trinajstić information content (AvgIpc) is 3.63. The van der Waals surface area contributed by atoms with Gasteiger partial charge >= 0.3 is 0 Å². The summed E-state index contributed by atoms with van der Waals surface area (Å²) in [7, 11) is 0. The highest BCUT2D eigenvalue weighted by Gasteiger charge is 2.18. The molecule has 0 bridgehead atoms. The Kier molecular flexibility index (Phi) is 5.25. The van der Waals surface area contributed by atoms with E-state index < -0.39 is 0 Å². The summed E-state index contributed by atoms with van der Waals surface area (Å²) >= 11 is 0. The summed E-state index contributed by atoms with van der Waals surface area (Å²) in [6, 6.07) is 54.0. The highest BCUT2D eigenvalue weighted by Crippen LogP contribution is 2.38. The number of para-hydroxylation sites is 3. The van der Waals surface area contributed by atoms with Gasteiger partial charge in [-0.15, -0.1) is 0 Å². The molecule has 0 N–H and O–H groups in total. The van der Waals surface area contributed by atoms with Gasteiger partial charge in [0, 0.05) is 49.8 Å². The van der Waals surface area contributed by atoms with Crippen molar-refractivity contribution in [2.45, 2.75) is 0 Å². The maximum absolute atomic E-state index is 5.02. The standard InChI is InChI=1S/C42H26N4/c1-2-11-30-26-43-42(24-28(30)10-1)46-39-16-8-5-13-33(39)35-21-19-31(25-41(35)46)45-38-15-7-4-12-32(38)34-20-17-29(23-40(34)45)37-22-18-27-9-3-6-14-36(27)44-37/h1-26H. The second-order valence-corrected chi connectivity index (χ2v) is 11.9. The van der Waals surface area contributed by atoms with Crippen LogP contribution in [0.2, 0.25) is 0 Å². The van der Waals surface area contributed by atoms with Crippen molar-refractivity contribution >= 4 is 65.3 Å². The molecule has 0 unspecified atom stereocenters. The lowest BCUT2D eigenvalue weighted by atomic mass is 10.1. The SMILES string of the molecule is c1ccc2cc(-n3c4ccccc4c4ccc(-n5c6ccccc6c6ccc(-c7ccc8ccccc8n7)cc65)cc43)ncc2c1. The Morgan fingerprint density at radius 1 is 0.413 bits per heavy atom. The average molecular weight is 587 g/mol. The molecule has 0 aliphatic rings. The zero-order chi connectivity index (χ0) is 30.2. The number of hydrogen-bond acceptors (Lipinski definition) is 2. The van der Waals surface area contributed by atoms with Crippen LogP contribution in [0.1, 0.15) is 0 Å². The van der Waals surface area contributed by atoms with E-state index in [4.69, 9.17) is 9.97 Å². The van der Waals surface area contributed by atoms with Crippen LogP contribution in [-0.2, 0) is 0 Å². The molecular weight excluding hydrogens is 560 g/mol. The molecule has 0 amide bonds. The zero-order valence-electron chi connectivity index (χ0n) is 24.8. The Hall–Kier alpha value is -6.26. The lowest BCUT2D eigenvalue weighted by Crippen LogP contribution is -1.99. The maximum Gasteiger partial charge on any atom is 0.138 e. The first kappa shape index (κ1) is 25.1. The minimum absolute atomic E-state index is 0.911. The van der Waals surface area contributed by atoms with Crippen LogP contribution < -0.4 is 0 Å². The van der Waals surface area contributed by atoms with Crippen molar-refractivity contribution in [1.29, 1.82) is 0 Å². The molecule has 46 heavy (non-hydrogen) atoms. The molecule has 0 aliphatic heterocycles. The van der Waals surface area contributed by atoms with E-state index in [0.29, 0.717) is 0 Å². The highest BCUT2D eigenvalue weighted by molar-refractivity contribution is 6.12. The van der Waals surface area contributed by atoms with Crippen LogP contribution in [0.5, 0.6) is 0 Å². The number of hydrogen-bond donors (Lipinski definition) is 0. The summed E-state index contributed by atoms with van der Waals surface area (Å²) in [6.45, 7) is 0. The van der Waals surface area contributed by atoms with E-state index in [1.165, 1.54) is 32.4 Å². The van der Waals surface area contributed by atoms with Gasteiger partial charge in [0.25, 0.3) is 0 Å². The number of pyridine rings is 2. The lowest BCUT2D eigenvalue weighted by molar-refractivity contribution is 1.09. The van der Waals surface area contributed by atoms with E-state index in [1.54, 1.807) is 0 Å². The normalized spacial score (nSPS) is 11.9. The first-order valence-corrected chi connectivity index (χ1v) is 15.6. The first-order valence-electron chi connectivity index (χ1n) is 15.6. The number of rotatable bonds is 3. The minimum Gasteiger partial charge on any atom is -0.309 e. The molecule has 4 heterocycles. The molecule has 4 heteroatoms.